The van der Waals surface area contributed by atoms with Crippen LogP contribution in [0.1, 0.15) is 31.7 Å². The van der Waals surface area contributed by atoms with Crippen LogP contribution in [-0.4, -0.2) is 37.6 Å². The van der Waals surface area contributed by atoms with Crippen molar-refractivity contribution < 1.29 is 14.3 Å². The number of hydrogen-bond acceptors (Lipinski definition) is 4. The van der Waals surface area contributed by atoms with E-state index < -0.39 is 0 Å². The third-order valence-electron chi connectivity index (χ3n) is 4.40. The molecule has 22 heavy (non-hydrogen) atoms. The molecule has 0 saturated heterocycles. The molecular weight excluding hydrogens is 280 g/mol. The van der Waals surface area contributed by atoms with Gasteiger partial charge in [-0.3, -0.25) is 4.79 Å². The summed E-state index contributed by atoms with van der Waals surface area (Å²) in [6, 6.07) is 5.76. The van der Waals surface area contributed by atoms with Gasteiger partial charge in [0.25, 0.3) is 0 Å². The van der Waals surface area contributed by atoms with Crippen molar-refractivity contribution in [3.05, 3.63) is 23.8 Å². The highest BCUT2D eigenvalue weighted by molar-refractivity contribution is 5.80. The van der Waals surface area contributed by atoms with E-state index in [0.717, 1.165) is 24.8 Å². The predicted octanol–water partition coefficient (Wildman–Crippen LogP) is 2.18. The zero-order chi connectivity index (χ0) is 16.1. The molecule has 1 aliphatic rings. The number of nitrogens with zero attached hydrogens (tertiary/aromatic N) is 1. The molecule has 5 heteroatoms. The SMILES string of the molecule is CCN(Cc1ccc(OC)c(OC)c1)C(=O)C1CCCC1N. The number of carbonyl (C=O) groups excluding carboxylic acids is 1. The fourth-order valence-electron chi connectivity index (χ4n) is 3.07. The first-order chi connectivity index (χ1) is 10.6. The summed E-state index contributed by atoms with van der Waals surface area (Å²) in [6.45, 7) is 3.24. The van der Waals surface area contributed by atoms with Crippen molar-refractivity contribution in [2.45, 2.75) is 38.8 Å². The number of rotatable bonds is 6. The molecule has 1 fully saturated rings. The summed E-state index contributed by atoms with van der Waals surface area (Å²) in [6.07, 6.45) is 2.90. The first-order valence-corrected chi connectivity index (χ1v) is 7.86. The van der Waals surface area contributed by atoms with Crippen LogP contribution < -0.4 is 15.2 Å². The van der Waals surface area contributed by atoms with Gasteiger partial charge in [-0.05, 0) is 37.5 Å². The van der Waals surface area contributed by atoms with Crippen molar-refractivity contribution in [1.29, 1.82) is 0 Å². The molecule has 0 aromatic heterocycles. The molecule has 2 rings (SSSR count). The summed E-state index contributed by atoms with van der Waals surface area (Å²) in [4.78, 5) is 14.5. The second-order valence-electron chi connectivity index (χ2n) is 5.74. The van der Waals surface area contributed by atoms with Gasteiger partial charge in [0, 0.05) is 19.1 Å². The van der Waals surface area contributed by atoms with Gasteiger partial charge in [-0.25, -0.2) is 0 Å². The minimum Gasteiger partial charge on any atom is -0.493 e. The molecule has 2 atom stereocenters. The monoisotopic (exact) mass is 306 g/mol. The number of benzene rings is 1. The minimum atomic E-state index is -0.0277. The number of carbonyl (C=O) groups is 1. The smallest absolute Gasteiger partial charge is 0.227 e. The molecule has 0 spiro atoms. The third kappa shape index (κ3) is 3.53. The van der Waals surface area contributed by atoms with E-state index in [1.165, 1.54) is 0 Å². The fourth-order valence-corrected chi connectivity index (χ4v) is 3.07. The van der Waals surface area contributed by atoms with Crippen molar-refractivity contribution in [3.8, 4) is 11.5 Å². The van der Waals surface area contributed by atoms with E-state index >= 15 is 0 Å². The Balaban J connectivity index is 2.11. The maximum absolute atomic E-state index is 12.7. The molecule has 1 aromatic rings. The lowest BCUT2D eigenvalue weighted by atomic mass is 10.0. The van der Waals surface area contributed by atoms with Crippen LogP contribution >= 0.6 is 0 Å². The summed E-state index contributed by atoms with van der Waals surface area (Å²) in [7, 11) is 3.23. The number of methoxy groups -OCH3 is 2. The van der Waals surface area contributed by atoms with Crippen molar-refractivity contribution in [3.63, 3.8) is 0 Å². The Bertz CT molecular complexity index is 519. The molecule has 1 aliphatic carbocycles. The summed E-state index contributed by atoms with van der Waals surface area (Å²) < 4.78 is 10.6. The fraction of sp³-hybridized carbons (Fsp3) is 0.588. The van der Waals surface area contributed by atoms with E-state index in [1.54, 1.807) is 14.2 Å². The number of amides is 1. The summed E-state index contributed by atoms with van der Waals surface area (Å²) in [5.74, 6) is 1.52. The lowest BCUT2D eigenvalue weighted by Gasteiger charge is -2.26. The summed E-state index contributed by atoms with van der Waals surface area (Å²) >= 11 is 0. The summed E-state index contributed by atoms with van der Waals surface area (Å²) in [5, 5.41) is 0. The molecule has 2 N–H and O–H groups in total. The Morgan fingerprint density at radius 2 is 2.00 bits per heavy atom. The van der Waals surface area contributed by atoms with E-state index in [0.29, 0.717) is 24.6 Å². The van der Waals surface area contributed by atoms with Crippen LogP contribution in [0.3, 0.4) is 0 Å². The number of ether oxygens (including phenoxy) is 2. The molecule has 0 heterocycles. The van der Waals surface area contributed by atoms with Gasteiger partial charge < -0.3 is 20.1 Å². The summed E-state index contributed by atoms with van der Waals surface area (Å²) in [5.41, 5.74) is 7.09. The van der Waals surface area contributed by atoms with Crippen LogP contribution in [-0.2, 0) is 11.3 Å². The lowest BCUT2D eigenvalue weighted by Crippen LogP contribution is -2.41. The normalized spacial score (nSPS) is 20.7. The van der Waals surface area contributed by atoms with Crippen molar-refractivity contribution >= 4 is 5.91 Å². The van der Waals surface area contributed by atoms with Gasteiger partial charge in [-0.15, -0.1) is 0 Å². The quantitative estimate of drug-likeness (QED) is 0.875. The number of hydrogen-bond donors (Lipinski definition) is 1. The zero-order valence-electron chi connectivity index (χ0n) is 13.7. The van der Waals surface area contributed by atoms with Gasteiger partial charge in [-0.1, -0.05) is 12.5 Å². The predicted molar refractivity (Wildman–Crippen MR) is 86.0 cm³/mol. The molecule has 1 aromatic carbocycles. The van der Waals surface area contributed by atoms with E-state index in [-0.39, 0.29) is 17.9 Å². The molecular formula is C17H26N2O3. The Morgan fingerprint density at radius 1 is 1.27 bits per heavy atom. The zero-order valence-corrected chi connectivity index (χ0v) is 13.7. The van der Waals surface area contributed by atoms with E-state index in [2.05, 4.69) is 0 Å². The topological polar surface area (TPSA) is 64.8 Å². The van der Waals surface area contributed by atoms with Crippen molar-refractivity contribution in [1.82, 2.24) is 4.90 Å². The van der Waals surface area contributed by atoms with E-state index in [4.69, 9.17) is 15.2 Å². The van der Waals surface area contributed by atoms with Gasteiger partial charge in [0.2, 0.25) is 5.91 Å². The molecule has 0 radical (unpaired) electrons. The largest absolute Gasteiger partial charge is 0.493 e. The highest BCUT2D eigenvalue weighted by Gasteiger charge is 2.32. The molecule has 5 nitrogen and oxygen atoms in total. The second kappa shape index (κ2) is 7.49. The maximum Gasteiger partial charge on any atom is 0.227 e. The number of nitrogens with two attached hydrogens (primary N) is 1. The van der Waals surface area contributed by atoms with Crippen LogP contribution in [0.15, 0.2) is 18.2 Å². The molecule has 0 bridgehead atoms. The minimum absolute atomic E-state index is 0.00644. The Hall–Kier alpha value is -1.75. The molecule has 1 saturated carbocycles. The average molecular weight is 306 g/mol. The van der Waals surface area contributed by atoms with Gasteiger partial charge >= 0.3 is 0 Å². The van der Waals surface area contributed by atoms with Crippen LogP contribution in [0.5, 0.6) is 11.5 Å². The Morgan fingerprint density at radius 3 is 2.55 bits per heavy atom. The first kappa shape index (κ1) is 16.6. The first-order valence-electron chi connectivity index (χ1n) is 7.86. The Labute approximate surface area is 132 Å². The standard InChI is InChI=1S/C17H26N2O3/c1-4-19(17(20)13-6-5-7-14(13)18)11-12-8-9-15(21-2)16(10-12)22-3/h8-10,13-14H,4-7,11,18H2,1-3H3. The average Bonchev–Trinajstić information content (AvgIpc) is 2.97. The third-order valence-corrected chi connectivity index (χ3v) is 4.40. The van der Waals surface area contributed by atoms with E-state index in [1.807, 2.05) is 30.0 Å². The van der Waals surface area contributed by atoms with Crippen molar-refractivity contribution in [2.24, 2.45) is 11.7 Å². The van der Waals surface area contributed by atoms with Crippen LogP contribution in [0.2, 0.25) is 0 Å². The van der Waals surface area contributed by atoms with Crippen LogP contribution in [0, 0.1) is 5.92 Å². The van der Waals surface area contributed by atoms with Crippen molar-refractivity contribution in [2.75, 3.05) is 20.8 Å². The highest BCUT2D eigenvalue weighted by atomic mass is 16.5. The van der Waals surface area contributed by atoms with Crippen LogP contribution in [0.25, 0.3) is 0 Å². The molecule has 1 amide bonds. The van der Waals surface area contributed by atoms with Gasteiger partial charge in [0.15, 0.2) is 11.5 Å². The maximum atomic E-state index is 12.7. The van der Waals surface area contributed by atoms with Crippen LogP contribution in [0.4, 0.5) is 0 Å². The van der Waals surface area contributed by atoms with Gasteiger partial charge in [0.05, 0.1) is 20.1 Å². The highest BCUT2D eigenvalue weighted by Crippen LogP contribution is 2.29. The Kier molecular flexibility index (Phi) is 5.66. The van der Waals surface area contributed by atoms with E-state index in [9.17, 15) is 4.79 Å². The lowest BCUT2D eigenvalue weighted by molar-refractivity contribution is -0.136. The molecule has 122 valence electrons. The second-order valence-corrected chi connectivity index (χ2v) is 5.74. The van der Waals surface area contributed by atoms with Gasteiger partial charge in [0.1, 0.15) is 0 Å². The van der Waals surface area contributed by atoms with Gasteiger partial charge in [-0.2, -0.15) is 0 Å². The molecule has 0 aliphatic heterocycles. The molecule has 2 unspecified atom stereocenters.